The first-order valence-corrected chi connectivity index (χ1v) is 8.18. The summed E-state index contributed by atoms with van der Waals surface area (Å²) in [6, 6.07) is -0.407. The summed E-state index contributed by atoms with van der Waals surface area (Å²) in [7, 11) is 0. The average Bonchev–Trinajstić information content (AvgIpc) is 2.50. The van der Waals surface area contributed by atoms with E-state index in [-0.39, 0.29) is 17.7 Å². The minimum Gasteiger partial charge on any atom is -0.380 e. The molecular weight excluding hydrogens is 268 g/mol. The monoisotopic (exact) mass is 298 g/mol. The van der Waals surface area contributed by atoms with E-state index in [1.807, 2.05) is 34.6 Å². The number of amides is 2. The van der Waals surface area contributed by atoms with Gasteiger partial charge in [-0.2, -0.15) is 0 Å². The Morgan fingerprint density at radius 1 is 1.24 bits per heavy atom. The van der Waals surface area contributed by atoms with Crippen LogP contribution in [-0.4, -0.2) is 48.1 Å². The van der Waals surface area contributed by atoms with E-state index in [1.54, 1.807) is 4.90 Å². The minimum absolute atomic E-state index is 0.0195. The number of carbonyl (C=O) groups excluding carboxylic acids is 2. The zero-order chi connectivity index (χ0) is 16.0. The standard InChI is InChI=1S/C16H30N2O3/c1-6-12(5)13-14(19)18(10-11-21-9-4)16(7-2,8-3)15(20)17-13/h12-13H,6-11H2,1-5H3,(H,17,20). The van der Waals surface area contributed by atoms with Crippen LogP contribution in [-0.2, 0) is 14.3 Å². The number of hydrogen-bond acceptors (Lipinski definition) is 3. The van der Waals surface area contributed by atoms with E-state index in [1.165, 1.54) is 0 Å². The van der Waals surface area contributed by atoms with Crippen molar-refractivity contribution >= 4 is 11.8 Å². The zero-order valence-corrected chi connectivity index (χ0v) is 14.1. The molecule has 5 heteroatoms. The normalized spacial score (nSPS) is 23.1. The summed E-state index contributed by atoms with van der Waals surface area (Å²) in [6.07, 6.45) is 2.11. The topological polar surface area (TPSA) is 58.6 Å². The molecule has 0 bridgehead atoms. The summed E-state index contributed by atoms with van der Waals surface area (Å²) in [5.74, 6) is 0.156. The Morgan fingerprint density at radius 2 is 1.86 bits per heavy atom. The van der Waals surface area contributed by atoms with Crippen LogP contribution in [0.4, 0.5) is 0 Å². The Bertz CT molecular complexity index is 367. The van der Waals surface area contributed by atoms with Gasteiger partial charge in [-0.25, -0.2) is 0 Å². The van der Waals surface area contributed by atoms with Crippen molar-refractivity contribution in [2.24, 2.45) is 5.92 Å². The molecule has 0 spiro atoms. The summed E-state index contributed by atoms with van der Waals surface area (Å²) in [5.41, 5.74) is -0.724. The van der Waals surface area contributed by atoms with Crippen LogP contribution in [0.2, 0.25) is 0 Å². The van der Waals surface area contributed by atoms with Crippen molar-refractivity contribution in [3.63, 3.8) is 0 Å². The van der Waals surface area contributed by atoms with E-state index in [4.69, 9.17) is 4.74 Å². The highest BCUT2D eigenvalue weighted by molar-refractivity contribution is 6.00. The largest absolute Gasteiger partial charge is 0.380 e. The lowest BCUT2D eigenvalue weighted by atomic mass is 9.83. The molecule has 1 aliphatic heterocycles. The van der Waals surface area contributed by atoms with E-state index in [0.717, 1.165) is 6.42 Å². The van der Waals surface area contributed by atoms with Gasteiger partial charge < -0.3 is 15.0 Å². The maximum Gasteiger partial charge on any atom is 0.246 e. The number of rotatable bonds is 8. The highest BCUT2D eigenvalue weighted by atomic mass is 16.5. The predicted molar refractivity (Wildman–Crippen MR) is 82.9 cm³/mol. The molecule has 1 fully saturated rings. The van der Waals surface area contributed by atoms with Crippen LogP contribution >= 0.6 is 0 Å². The van der Waals surface area contributed by atoms with Crippen LogP contribution < -0.4 is 5.32 Å². The van der Waals surface area contributed by atoms with Crippen LogP contribution in [0.1, 0.15) is 53.9 Å². The van der Waals surface area contributed by atoms with Crippen LogP contribution in [0.15, 0.2) is 0 Å². The molecule has 0 aliphatic carbocycles. The Morgan fingerprint density at radius 3 is 2.33 bits per heavy atom. The first-order chi connectivity index (χ1) is 9.98. The van der Waals surface area contributed by atoms with Crippen molar-refractivity contribution in [2.75, 3.05) is 19.8 Å². The molecule has 1 heterocycles. The second-order valence-electron chi connectivity index (χ2n) is 5.76. The third kappa shape index (κ3) is 3.39. The van der Waals surface area contributed by atoms with Gasteiger partial charge in [-0.1, -0.05) is 34.1 Å². The first-order valence-electron chi connectivity index (χ1n) is 8.18. The van der Waals surface area contributed by atoms with Gasteiger partial charge in [0.25, 0.3) is 0 Å². The second-order valence-corrected chi connectivity index (χ2v) is 5.76. The zero-order valence-electron chi connectivity index (χ0n) is 14.1. The van der Waals surface area contributed by atoms with E-state index in [9.17, 15) is 9.59 Å². The maximum atomic E-state index is 12.9. The smallest absolute Gasteiger partial charge is 0.246 e. The quantitative estimate of drug-likeness (QED) is 0.697. The summed E-state index contributed by atoms with van der Waals surface area (Å²) in [6.45, 7) is 11.5. The number of piperazine rings is 1. The molecule has 1 rings (SSSR count). The fourth-order valence-corrected chi connectivity index (χ4v) is 3.04. The number of hydrogen-bond donors (Lipinski definition) is 1. The van der Waals surface area contributed by atoms with E-state index in [0.29, 0.717) is 32.6 Å². The molecule has 1 N–H and O–H groups in total. The molecule has 0 aromatic heterocycles. The van der Waals surface area contributed by atoms with Gasteiger partial charge in [-0.05, 0) is 25.7 Å². The van der Waals surface area contributed by atoms with Crippen LogP contribution in [0, 0.1) is 5.92 Å². The Kier molecular flexibility index (Phi) is 6.65. The molecule has 1 aliphatic rings. The molecule has 122 valence electrons. The van der Waals surface area contributed by atoms with Gasteiger partial charge in [0.2, 0.25) is 11.8 Å². The lowest BCUT2D eigenvalue weighted by Crippen LogP contribution is -2.71. The summed E-state index contributed by atoms with van der Waals surface area (Å²) in [4.78, 5) is 27.3. The Balaban J connectivity index is 3.05. The molecule has 21 heavy (non-hydrogen) atoms. The van der Waals surface area contributed by atoms with Gasteiger partial charge in [-0.3, -0.25) is 9.59 Å². The molecule has 1 saturated heterocycles. The van der Waals surface area contributed by atoms with Crippen LogP contribution in [0.3, 0.4) is 0 Å². The molecule has 0 aromatic rings. The fraction of sp³-hybridized carbons (Fsp3) is 0.875. The molecule has 0 radical (unpaired) electrons. The molecule has 0 saturated carbocycles. The molecule has 2 unspecified atom stereocenters. The lowest BCUT2D eigenvalue weighted by molar-refractivity contribution is -0.160. The lowest BCUT2D eigenvalue weighted by Gasteiger charge is -2.48. The van der Waals surface area contributed by atoms with Crippen molar-refractivity contribution in [1.29, 1.82) is 0 Å². The van der Waals surface area contributed by atoms with Crippen molar-refractivity contribution in [2.45, 2.75) is 65.5 Å². The summed E-state index contributed by atoms with van der Waals surface area (Å²) < 4.78 is 5.40. The van der Waals surface area contributed by atoms with Crippen molar-refractivity contribution in [1.82, 2.24) is 10.2 Å². The van der Waals surface area contributed by atoms with Gasteiger partial charge in [-0.15, -0.1) is 0 Å². The third-order valence-electron chi connectivity index (χ3n) is 4.80. The number of nitrogens with one attached hydrogen (secondary N) is 1. The van der Waals surface area contributed by atoms with Gasteiger partial charge in [0.1, 0.15) is 11.6 Å². The van der Waals surface area contributed by atoms with E-state index in [2.05, 4.69) is 5.32 Å². The molecular formula is C16H30N2O3. The highest BCUT2D eigenvalue weighted by Crippen LogP contribution is 2.30. The minimum atomic E-state index is -0.724. The molecule has 0 aromatic carbocycles. The third-order valence-corrected chi connectivity index (χ3v) is 4.80. The first kappa shape index (κ1) is 18.0. The van der Waals surface area contributed by atoms with Crippen molar-refractivity contribution in [3.8, 4) is 0 Å². The van der Waals surface area contributed by atoms with E-state index < -0.39 is 11.6 Å². The predicted octanol–water partition coefficient (Wildman–Crippen LogP) is 1.95. The molecule has 5 nitrogen and oxygen atoms in total. The van der Waals surface area contributed by atoms with Gasteiger partial charge in [0, 0.05) is 13.2 Å². The molecule has 2 atom stereocenters. The Hall–Kier alpha value is -1.10. The SMILES string of the molecule is CCOCCN1C(=O)C(C(C)CC)NC(=O)C1(CC)CC. The summed E-state index contributed by atoms with van der Waals surface area (Å²) >= 11 is 0. The van der Waals surface area contributed by atoms with Crippen molar-refractivity contribution < 1.29 is 14.3 Å². The fourth-order valence-electron chi connectivity index (χ4n) is 3.04. The number of ether oxygens (including phenoxy) is 1. The number of nitrogens with zero attached hydrogens (tertiary/aromatic N) is 1. The number of carbonyl (C=O) groups is 2. The summed E-state index contributed by atoms with van der Waals surface area (Å²) in [5, 5.41) is 2.96. The molecule has 2 amide bonds. The Labute approximate surface area is 128 Å². The van der Waals surface area contributed by atoms with E-state index >= 15 is 0 Å². The van der Waals surface area contributed by atoms with Crippen molar-refractivity contribution in [3.05, 3.63) is 0 Å². The highest BCUT2D eigenvalue weighted by Gasteiger charge is 2.50. The maximum absolute atomic E-state index is 12.9. The van der Waals surface area contributed by atoms with Crippen LogP contribution in [0.25, 0.3) is 0 Å². The van der Waals surface area contributed by atoms with Crippen LogP contribution in [0.5, 0.6) is 0 Å². The van der Waals surface area contributed by atoms with Gasteiger partial charge in [0.15, 0.2) is 0 Å². The second kappa shape index (κ2) is 7.78. The van der Waals surface area contributed by atoms with Gasteiger partial charge in [0.05, 0.1) is 6.61 Å². The average molecular weight is 298 g/mol. The van der Waals surface area contributed by atoms with Gasteiger partial charge >= 0.3 is 0 Å².